The first-order chi connectivity index (χ1) is 8.18. The molecular formula is C14H25ClN2O. The molecule has 2 aliphatic carbocycles. The molecule has 1 heterocycles. The van der Waals surface area contributed by atoms with Crippen LogP contribution >= 0.6 is 12.4 Å². The molecule has 2 atom stereocenters. The lowest BCUT2D eigenvalue weighted by atomic mass is 9.87. The van der Waals surface area contributed by atoms with Gasteiger partial charge in [0.2, 0.25) is 5.91 Å². The third-order valence-corrected chi connectivity index (χ3v) is 4.85. The summed E-state index contributed by atoms with van der Waals surface area (Å²) in [5.74, 6) is 2.03. The van der Waals surface area contributed by atoms with E-state index in [0.717, 1.165) is 19.0 Å². The minimum absolute atomic E-state index is 0. The number of carbonyl (C=O) groups is 1. The molecule has 1 N–H and O–H groups in total. The smallest absolute Gasteiger partial charge is 0.226 e. The normalized spacial score (nSPS) is 26.8. The highest BCUT2D eigenvalue weighted by Crippen LogP contribution is 2.40. The second-order valence-electron chi connectivity index (χ2n) is 6.26. The fourth-order valence-corrected chi connectivity index (χ4v) is 2.97. The highest BCUT2D eigenvalue weighted by molar-refractivity contribution is 5.85. The van der Waals surface area contributed by atoms with Gasteiger partial charge in [0.25, 0.3) is 0 Å². The van der Waals surface area contributed by atoms with Crippen molar-refractivity contribution in [3.63, 3.8) is 0 Å². The van der Waals surface area contributed by atoms with E-state index >= 15 is 0 Å². The molecule has 0 aromatic heterocycles. The number of hydrogen-bond acceptors (Lipinski definition) is 2. The molecule has 0 radical (unpaired) electrons. The summed E-state index contributed by atoms with van der Waals surface area (Å²) in [5, 5.41) is 3.27. The molecule has 3 fully saturated rings. The number of nitrogens with one attached hydrogen (secondary N) is 1. The number of hydrogen-bond donors (Lipinski definition) is 1. The van der Waals surface area contributed by atoms with Gasteiger partial charge in [-0.1, -0.05) is 6.92 Å². The van der Waals surface area contributed by atoms with Crippen LogP contribution in [0.4, 0.5) is 0 Å². The van der Waals surface area contributed by atoms with Gasteiger partial charge in [-0.2, -0.15) is 0 Å². The Morgan fingerprint density at radius 1 is 1.11 bits per heavy atom. The number of nitrogens with zero attached hydrogens (tertiary/aromatic N) is 1. The standard InChI is InChI=1S/C14H24N2O.ClH/c1-9(12-7-15-8-12)14(17)16(13-5-6-13)10(2)11-3-4-11;/h9-13,15H,3-8H2,1-2H3;1H. The first kappa shape index (κ1) is 14.1. The van der Waals surface area contributed by atoms with Gasteiger partial charge in [0.15, 0.2) is 0 Å². The van der Waals surface area contributed by atoms with Crippen molar-refractivity contribution < 1.29 is 4.79 Å². The van der Waals surface area contributed by atoms with E-state index < -0.39 is 0 Å². The Balaban J connectivity index is 0.00000120. The van der Waals surface area contributed by atoms with Crippen molar-refractivity contribution in [1.82, 2.24) is 10.2 Å². The third kappa shape index (κ3) is 2.67. The fourth-order valence-electron chi connectivity index (χ4n) is 2.97. The minimum atomic E-state index is 0. The SMILES string of the molecule is CC(C(=O)N(C1CC1)C(C)C1CC1)C1CNC1.Cl. The van der Waals surface area contributed by atoms with Gasteiger partial charge in [-0.3, -0.25) is 4.79 Å². The molecule has 0 bridgehead atoms. The summed E-state index contributed by atoms with van der Waals surface area (Å²) in [5.41, 5.74) is 0. The van der Waals surface area contributed by atoms with E-state index in [1.165, 1.54) is 25.7 Å². The summed E-state index contributed by atoms with van der Waals surface area (Å²) in [6, 6.07) is 1.07. The lowest BCUT2D eigenvalue weighted by Crippen LogP contribution is -2.52. The molecule has 1 saturated heterocycles. The highest BCUT2D eigenvalue weighted by Gasteiger charge is 2.44. The molecule has 2 unspecified atom stereocenters. The molecule has 1 aliphatic heterocycles. The zero-order chi connectivity index (χ0) is 12.0. The molecule has 3 nitrogen and oxygen atoms in total. The Morgan fingerprint density at radius 3 is 2.11 bits per heavy atom. The first-order valence-electron chi connectivity index (χ1n) is 7.21. The molecule has 3 rings (SSSR count). The summed E-state index contributed by atoms with van der Waals surface area (Å²) in [6.07, 6.45) is 5.13. The largest absolute Gasteiger partial charge is 0.336 e. The molecule has 4 heteroatoms. The minimum Gasteiger partial charge on any atom is -0.336 e. The summed E-state index contributed by atoms with van der Waals surface area (Å²) in [6.45, 7) is 6.45. The first-order valence-corrected chi connectivity index (χ1v) is 7.21. The van der Waals surface area contributed by atoms with Gasteiger partial charge in [-0.05, 0) is 57.5 Å². The third-order valence-electron chi connectivity index (χ3n) is 4.85. The summed E-state index contributed by atoms with van der Waals surface area (Å²) in [4.78, 5) is 14.9. The van der Waals surface area contributed by atoms with Crippen molar-refractivity contribution >= 4 is 18.3 Å². The van der Waals surface area contributed by atoms with Gasteiger partial charge in [0.05, 0.1) is 0 Å². The van der Waals surface area contributed by atoms with E-state index in [2.05, 4.69) is 24.1 Å². The summed E-state index contributed by atoms with van der Waals surface area (Å²) in [7, 11) is 0. The van der Waals surface area contributed by atoms with E-state index in [4.69, 9.17) is 0 Å². The average Bonchev–Trinajstić information content (AvgIpc) is 3.08. The number of amides is 1. The Hall–Kier alpha value is -0.280. The molecule has 0 spiro atoms. The highest BCUT2D eigenvalue weighted by atomic mass is 35.5. The zero-order valence-electron chi connectivity index (χ0n) is 11.4. The van der Waals surface area contributed by atoms with Crippen LogP contribution in [0.15, 0.2) is 0 Å². The van der Waals surface area contributed by atoms with Crippen molar-refractivity contribution in [3.05, 3.63) is 0 Å². The van der Waals surface area contributed by atoms with Gasteiger partial charge >= 0.3 is 0 Å². The van der Waals surface area contributed by atoms with Crippen LogP contribution in [-0.2, 0) is 4.79 Å². The Kier molecular flexibility index (Phi) is 4.22. The molecule has 0 aromatic carbocycles. The van der Waals surface area contributed by atoms with Gasteiger partial charge < -0.3 is 10.2 Å². The van der Waals surface area contributed by atoms with Crippen LogP contribution in [0.5, 0.6) is 0 Å². The van der Waals surface area contributed by atoms with Gasteiger partial charge in [0.1, 0.15) is 0 Å². The molecule has 2 saturated carbocycles. The summed E-state index contributed by atoms with van der Waals surface area (Å²) < 4.78 is 0. The second kappa shape index (κ2) is 5.38. The Labute approximate surface area is 116 Å². The van der Waals surface area contributed by atoms with Crippen molar-refractivity contribution in [3.8, 4) is 0 Å². The average molecular weight is 273 g/mol. The van der Waals surface area contributed by atoms with Crippen LogP contribution in [0, 0.1) is 17.8 Å². The predicted molar refractivity (Wildman–Crippen MR) is 74.8 cm³/mol. The monoisotopic (exact) mass is 272 g/mol. The van der Waals surface area contributed by atoms with Crippen molar-refractivity contribution in [2.45, 2.75) is 51.6 Å². The van der Waals surface area contributed by atoms with Crippen molar-refractivity contribution in [1.29, 1.82) is 0 Å². The second-order valence-corrected chi connectivity index (χ2v) is 6.26. The molecule has 104 valence electrons. The molecule has 1 amide bonds. The maximum atomic E-state index is 12.6. The van der Waals surface area contributed by atoms with Gasteiger partial charge in [-0.15, -0.1) is 12.4 Å². The van der Waals surface area contributed by atoms with Gasteiger partial charge in [0, 0.05) is 18.0 Å². The maximum absolute atomic E-state index is 12.6. The van der Waals surface area contributed by atoms with Gasteiger partial charge in [-0.25, -0.2) is 0 Å². The quantitative estimate of drug-likeness (QED) is 0.831. The fraction of sp³-hybridized carbons (Fsp3) is 0.929. The molecule has 3 aliphatic rings. The van der Waals surface area contributed by atoms with E-state index in [0.29, 0.717) is 23.9 Å². The lowest BCUT2D eigenvalue weighted by molar-refractivity contribution is -0.140. The predicted octanol–water partition coefficient (Wildman–Crippen LogP) is 2.05. The summed E-state index contributed by atoms with van der Waals surface area (Å²) >= 11 is 0. The van der Waals surface area contributed by atoms with Crippen LogP contribution in [0.2, 0.25) is 0 Å². The van der Waals surface area contributed by atoms with Crippen LogP contribution in [0.3, 0.4) is 0 Å². The van der Waals surface area contributed by atoms with Crippen LogP contribution in [-0.4, -0.2) is 36.0 Å². The zero-order valence-corrected chi connectivity index (χ0v) is 12.2. The Morgan fingerprint density at radius 2 is 1.72 bits per heavy atom. The molecular weight excluding hydrogens is 248 g/mol. The van der Waals surface area contributed by atoms with E-state index in [-0.39, 0.29) is 18.3 Å². The lowest BCUT2D eigenvalue weighted by Gasteiger charge is -2.37. The van der Waals surface area contributed by atoms with E-state index in [1.54, 1.807) is 0 Å². The number of halogens is 1. The van der Waals surface area contributed by atoms with Crippen LogP contribution in [0.25, 0.3) is 0 Å². The van der Waals surface area contributed by atoms with E-state index in [9.17, 15) is 4.79 Å². The van der Waals surface area contributed by atoms with E-state index in [1.807, 2.05) is 0 Å². The Bertz CT molecular complexity index is 311. The maximum Gasteiger partial charge on any atom is 0.226 e. The number of carbonyl (C=O) groups excluding carboxylic acids is 1. The van der Waals surface area contributed by atoms with Crippen LogP contribution in [0.1, 0.15) is 39.5 Å². The van der Waals surface area contributed by atoms with Crippen LogP contribution < -0.4 is 5.32 Å². The number of rotatable bonds is 5. The van der Waals surface area contributed by atoms with Crippen molar-refractivity contribution in [2.75, 3.05) is 13.1 Å². The van der Waals surface area contributed by atoms with Crippen molar-refractivity contribution in [2.24, 2.45) is 17.8 Å². The molecule has 0 aromatic rings. The topological polar surface area (TPSA) is 32.3 Å². The molecule has 18 heavy (non-hydrogen) atoms.